The van der Waals surface area contributed by atoms with Crippen molar-refractivity contribution in [3.05, 3.63) is 72.3 Å². The molecule has 3 fully saturated rings. The molecule has 6 rings (SSSR count). The molecule has 2 aliphatic carbocycles. The predicted molar refractivity (Wildman–Crippen MR) is 196 cm³/mol. The summed E-state index contributed by atoms with van der Waals surface area (Å²) in [5, 5.41) is 4.86. The molecule has 13 nitrogen and oxygen atoms in total. The largest absolute Gasteiger partial charge is 0.457 e. The summed E-state index contributed by atoms with van der Waals surface area (Å²) in [5.74, 6) is -3.16. The third-order valence-electron chi connectivity index (χ3n) is 10.0. The first kappa shape index (κ1) is 38.0. The highest BCUT2D eigenvalue weighted by atomic mass is 32.2. The number of carbonyl (C=O) groups excluding carboxylic acids is 5. The third kappa shape index (κ3) is 9.27. The van der Waals surface area contributed by atoms with Gasteiger partial charge in [0.1, 0.15) is 29.3 Å². The number of hydrogen-bond acceptors (Lipinski definition) is 9. The van der Waals surface area contributed by atoms with Gasteiger partial charge in [-0.25, -0.2) is 18.0 Å². The fraction of sp³-hybridized carbons (Fsp3) is 0.513. The van der Waals surface area contributed by atoms with Crippen LogP contribution in [0.15, 0.2) is 66.7 Å². The summed E-state index contributed by atoms with van der Waals surface area (Å²) in [7, 11) is -3.90. The number of esters is 1. The second-order valence-corrected chi connectivity index (χ2v) is 17.4. The molecule has 0 bridgehead atoms. The van der Waals surface area contributed by atoms with Gasteiger partial charge in [-0.05, 0) is 82.6 Å². The van der Waals surface area contributed by atoms with E-state index >= 15 is 0 Å². The summed E-state index contributed by atoms with van der Waals surface area (Å²) in [6, 6.07) is 14.4. The standard InChI is InChI=1S/C39H48N4O9S/c1-38(2,3)52-37(48)40-31-15-11-6-4-5-10-14-28-23-39(28,36(47)42-53(49,50)30-20-21-30)41-33(44)32-22-29(24-43(32)34(31)45)51-35(46)27-18-16-26(17-19-27)25-12-8-7-9-13-25/h7-10,12-14,16-19,28-32H,4-6,11,15,20-24H2,1-3H3,(H,40,48)(H,41,44)(H,42,47)/t28-,29-,31+,32+,39-/m1/s1. The van der Waals surface area contributed by atoms with Crippen molar-refractivity contribution in [2.24, 2.45) is 5.92 Å². The number of amides is 4. The molecule has 0 spiro atoms. The van der Waals surface area contributed by atoms with E-state index in [1.165, 1.54) is 4.90 Å². The number of ether oxygens (including phenoxy) is 2. The Morgan fingerprint density at radius 3 is 2.30 bits per heavy atom. The van der Waals surface area contributed by atoms with Crippen LogP contribution in [-0.2, 0) is 33.9 Å². The fourth-order valence-corrected chi connectivity index (χ4v) is 8.31. The van der Waals surface area contributed by atoms with E-state index in [-0.39, 0.29) is 31.4 Å². The first-order valence-corrected chi connectivity index (χ1v) is 19.9. The number of hydrogen-bond donors (Lipinski definition) is 3. The molecule has 2 heterocycles. The van der Waals surface area contributed by atoms with Crippen molar-refractivity contribution in [1.82, 2.24) is 20.3 Å². The molecule has 0 radical (unpaired) electrons. The maximum absolute atomic E-state index is 14.3. The molecule has 53 heavy (non-hydrogen) atoms. The number of alkyl carbamates (subject to hydrolysis) is 1. The van der Waals surface area contributed by atoms with E-state index in [0.717, 1.165) is 24.0 Å². The van der Waals surface area contributed by atoms with Crippen molar-refractivity contribution >= 4 is 39.8 Å². The molecule has 0 unspecified atom stereocenters. The monoisotopic (exact) mass is 748 g/mol. The average molecular weight is 749 g/mol. The Labute approximate surface area is 310 Å². The van der Waals surface area contributed by atoms with Crippen molar-refractivity contribution in [3.63, 3.8) is 0 Å². The van der Waals surface area contributed by atoms with Crippen LogP contribution in [0.25, 0.3) is 11.1 Å². The summed E-state index contributed by atoms with van der Waals surface area (Å²) in [6.07, 6.45) is 6.16. The van der Waals surface area contributed by atoms with E-state index in [1.807, 2.05) is 54.6 Å². The van der Waals surface area contributed by atoms with Gasteiger partial charge < -0.3 is 25.0 Å². The Balaban J connectivity index is 1.25. The first-order valence-electron chi connectivity index (χ1n) is 18.4. The van der Waals surface area contributed by atoms with Gasteiger partial charge in [-0.3, -0.25) is 19.1 Å². The number of fused-ring (bicyclic) bond motifs is 2. The van der Waals surface area contributed by atoms with E-state index in [9.17, 15) is 32.4 Å². The minimum absolute atomic E-state index is 0.0802. The molecule has 2 aliphatic heterocycles. The van der Waals surface area contributed by atoms with E-state index in [1.54, 1.807) is 32.9 Å². The van der Waals surface area contributed by atoms with Crippen LogP contribution in [0.1, 0.15) is 88.9 Å². The summed E-state index contributed by atoms with van der Waals surface area (Å²) in [6.45, 7) is 4.98. The van der Waals surface area contributed by atoms with Gasteiger partial charge in [0, 0.05) is 12.3 Å². The predicted octanol–water partition coefficient (Wildman–Crippen LogP) is 4.38. The smallest absolute Gasteiger partial charge is 0.408 e. The number of nitrogens with one attached hydrogen (secondary N) is 3. The first-order chi connectivity index (χ1) is 25.1. The number of benzene rings is 2. The van der Waals surface area contributed by atoms with Crippen LogP contribution in [0.2, 0.25) is 0 Å². The Hall–Kier alpha value is -4.72. The number of nitrogens with zero attached hydrogens (tertiary/aromatic N) is 1. The lowest BCUT2D eigenvalue weighted by molar-refractivity contribution is -0.141. The molecule has 1 saturated heterocycles. The van der Waals surface area contributed by atoms with Crippen LogP contribution in [0.3, 0.4) is 0 Å². The second kappa shape index (κ2) is 15.3. The zero-order chi connectivity index (χ0) is 38.0. The molecule has 284 valence electrons. The molecule has 3 N–H and O–H groups in total. The number of sulfonamides is 1. The molecule has 2 aromatic carbocycles. The van der Waals surface area contributed by atoms with Crippen LogP contribution in [0.5, 0.6) is 0 Å². The number of carbonyl (C=O) groups is 5. The Bertz CT molecular complexity index is 1850. The molecule has 4 aliphatic rings. The Kier molecular flexibility index (Phi) is 11.0. The van der Waals surface area contributed by atoms with Crippen LogP contribution >= 0.6 is 0 Å². The summed E-state index contributed by atoms with van der Waals surface area (Å²) < 4.78 is 39.1. The van der Waals surface area contributed by atoms with E-state index in [2.05, 4.69) is 15.4 Å². The van der Waals surface area contributed by atoms with Gasteiger partial charge in [0.05, 0.1) is 17.4 Å². The molecular weight excluding hydrogens is 701 g/mol. The molecular formula is C39H48N4O9S. The molecule has 14 heteroatoms. The van der Waals surface area contributed by atoms with Crippen molar-refractivity contribution < 1.29 is 41.9 Å². The highest BCUT2D eigenvalue weighted by Crippen LogP contribution is 2.46. The van der Waals surface area contributed by atoms with Crippen LogP contribution in [0, 0.1) is 5.92 Å². The summed E-state index contributed by atoms with van der Waals surface area (Å²) in [5.41, 5.74) is -0.174. The van der Waals surface area contributed by atoms with Crippen LogP contribution < -0.4 is 15.4 Å². The maximum atomic E-state index is 14.3. The molecule has 5 atom stereocenters. The highest BCUT2D eigenvalue weighted by Gasteiger charge is 2.62. The lowest BCUT2D eigenvalue weighted by atomic mass is 10.0. The van der Waals surface area contributed by atoms with E-state index in [4.69, 9.17) is 9.47 Å². The Morgan fingerprint density at radius 1 is 0.925 bits per heavy atom. The number of rotatable bonds is 7. The zero-order valence-electron chi connectivity index (χ0n) is 30.3. The minimum atomic E-state index is -3.90. The van der Waals surface area contributed by atoms with Crippen molar-refractivity contribution in [3.8, 4) is 11.1 Å². The molecule has 2 aromatic rings. The summed E-state index contributed by atoms with van der Waals surface area (Å²) >= 11 is 0. The summed E-state index contributed by atoms with van der Waals surface area (Å²) in [4.78, 5) is 69.7. The normalized spacial score (nSPS) is 26.5. The molecule has 4 amide bonds. The van der Waals surface area contributed by atoms with Gasteiger partial charge in [-0.15, -0.1) is 0 Å². The molecule has 2 saturated carbocycles. The van der Waals surface area contributed by atoms with Gasteiger partial charge in [0.25, 0.3) is 5.91 Å². The Morgan fingerprint density at radius 2 is 1.62 bits per heavy atom. The van der Waals surface area contributed by atoms with E-state index < -0.39 is 80.3 Å². The zero-order valence-corrected chi connectivity index (χ0v) is 31.2. The quantitative estimate of drug-likeness (QED) is 0.274. The SMILES string of the molecule is CC(C)(C)OC(=O)N[C@H]1CCCCCC=C[C@@H]2C[C@@]2(C(=O)NS(=O)(=O)C2CC2)NC(=O)[C@@H]2C[C@@H](OC(=O)c3ccc(-c4ccccc4)cc3)CN2C1=O. The second-order valence-electron chi connectivity index (χ2n) is 15.4. The lowest BCUT2D eigenvalue weighted by Gasteiger charge is -2.30. The number of allylic oxidation sites excluding steroid dienone is 1. The van der Waals surface area contributed by atoms with Gasteiger partial charge in [-0.2, -0.15) is 0 Å². The van der Waals surface area contributed by atoms with Crippen molar-refractivity contribution in [2.45, 2.75) is 113 Å². The minimum Gasteiger partial charge on any atom is -0.457 e. The van der Waals surface area contributed by atoms with Gasteiger partial charge in [0.2, 0.25) is 21.8 Å². The average Bonchev–Trinajstić information content (AvgIpc) is 4.03. The van der Waals surface area contributed by atoms with Crippen LogP contribution in [0.4, 0.5) is 4.79 Å². The van der Waals surface area contributed by atoms with Crippen molar-refractivity contribution in [1.29, 1.82) is 0 Å². The van der Waals surface area contributed by atoms with Crippen LogP contribution in [-0.4, -0.2) is 84.2 Å². The van der Waals surface area contributed by atoms with Crippen molar-refractivity contribution in [2.75, 3.05) is 6.54 Å². The maximum Gasteiger partial charge on any atom is 0.408 e. The fourth-order valence-electron chi connectivity index (χ4n) is 6.95. The van der Waals surface area contributed by atoms with Gasteiger partial charge in [-0.1, -0.05) is 67.5 Å². The van der Waals surface area contributed by atoms with Gasteiger partial charge >= 0.3 is 12.1 Å². The molecule has 0 aromatic heterocycles. The topological polar surface area (TPSA) is 177 Å². The third-order valence-corrected chi connectivity index (χ3v) is 11.9. The van der Waals surface area contributed by atoms with E-state index in [0.29, 0.717) is 25.7 Å². The van der Waals surface area contributed by atoms with Gasteiger partial charge in [0.15, 0.2) is 0 Å². The highest BCUT2D eigenvalue weighted by molar-refractivity contribution is 7.91. The lowest BCUT2D eigenvalue weighted by Crippen LogP contribution is -2.58.